The molecule has 3 aromatic carbocycles. The van der Waals surface area contributed by atoms with Gasteiger partial charge in [0, 0.05) is 43.6 Å². The molecule has 0 aromatic heterocycles. The molecule has 0 saturated carbocycles. The third-order valence-corrected chi connectivity index (χ3v) is 6.53. The van der Waals surface area contributed by atoms with E-state index in [1.165, 1.54) is 24.3 Å². The Kier molecular flexibility index (Phi) is 5.30. The molecule has 0 spiro atoms. The van der Waals surface area contributed by atoms with E-state index in [4.69, 9.17) is 0 Å². The van der Waals surface area contributed by atoms with Crippen molar-refractivity contribution in [1.29, 1.82) is 0 Å². The zero-order valence-corrected chi connectivity index (χ0v) is 17.4. The van der Waals surface area contributed by atoms with E-state index in [0.717, 1.165) is 17.0 Å². The van der Waals surface area contributed by atoms with Crippen LogP contribution in [-0.2, 0) is 9.84 Å². The van der Waals surface area contributed by atoms with Crippen LogP contribution in [0.25, 0.3) is 10.8 Å². The minimum atomic E-state index is -3.30. The number of piperazine rings is 1. The molecule has 30 heavy (non-hydrogen) atoms. The lowest BCUT2D eigenvalue weighted by atomic mass is 10.0. The van der Waals surface area contributed by atoms with Gasteiger partial charge >= 0.3 is 0 Å². The Labute approximate surface area is 175 Å². The monoisotopic (exact) mass is 422 g/mol. The van der Waals surface area contributed by atoms with Crippen molar-refractivity contribution in [2.75, 3.05) is 32.4 Å². The Morgan fingerprint density at radius 3 is 1.93 bits per heavy atom. The molecule has 0 aliphatic carbocycles. The summed E-state index contributed by atoms with van der Waals surface area (Å²) >= 11 is 0. The fraction of sp³-hybridized carbons (Fsp3) is 0.217. The van der Waals surface area contributed by atoms with Crippen LogP contribution in [0.2, 0.25) is 0 Å². The highest BCUT2D eigenvalue weighted by molar-refractivity contribution is 7.90. The molecule has 1 aliphatic rings. The lowest BCUT2D eigenvalue weighted by Crippen LogP contribution is -2.50. The first-order valence-electron chi connectivity index (χ1n) is 9.71. The van der Waals surface area contributed by atoms with Gasteiger partial charge in [-0.05, 0) is 41.1 Å². The summed E-state index contributed by atoms with van der Waals surface area (Å²) in [7, 11) is -3.30. The molecule has 154 valence electrons. The molecule has 0 bridgehead atoms. The number of fused-ring (bicyclic) bond motifs is 1. The molecule has 0 unspecified atom stereocenters. The van der Waals surface area contributed by atoms with Crippen LogP contribution in [0.3, 0.4) is 0 Å². The van der Waals surface area contributed by atoms with Crippen LogP contribution >= 0.6 is 0 Å². The Balaban J connectivity index is 1.44. The SMILES string of the molecule is CS(=O)(=O)c1ccc(C(=O)N2CCN(C(=O)c3cccc4ccccc34)CC2)cc1. The largest absolute Gasteiger partial charge is 0.335 e. The van der Waals surface area contributed by atoms with Gasteiger partial charge in [-0.15, -0.1) is 0 Å². The summed E-state index contributed by atoms with van der Waals surface area (Å²) in [6, 6.07) is 19.5. The number of amides is 2. The Hall–Kier alpha value is -3.19. The number of hydrogen-bond donors (Lipinski definition) is 0. The summed E-state index contributed by atoms with van der Waals surface area (Å²) < 4.78 is 23.2. The average molecular weight is 423 g/mol. The minimum Gasteiger partial charge on any atom is -0.335 e. The number of carbonyl (C=O) groups is 2. The molecule has 7 heteroatoms. The molecule has 1 fully saturated rings. The first-order chi connectivity index (χ1) is 14.3. The van der Waals surface area contributed by atoms with Crippen LogP contribution in [0.15, 0.2) is 71.6 Å². The summed E-state index contributed by atoms with van der Waals surface area (Å²) in [4.78, 5) is 29.5. The van der Waals surface area contributed by atoms with E-state index in [0.29, 0.717) is 37.3 Å². The average Bonchev–Trinajstić information content (AvgIpc) is 2.77. The van der Waals surface area contributed by atoms with Gasteiger partial charge in [0.15, 0.2) is 9.84 Å². The second-order valence-electron chi connectivity index (χ2n) is 7.41. The van der Waals surface area contributed by atoms with Crippen molar-refractivity contribution in [2.45, 2.75) is 4.90 Å². The van der Waals surface area contributed by atoms with E-state index in [1.54, 1.807) is 9.80 Å². The van der Waals surface area contributed by atoms with Crippen molar-refractivity contribution in [1.82, 2.24) is 9.80 Å². The van der Waals surface area contributed by atoms with E-state index >= 15 is 0 Å². The molecule has 2 amide bonds. The molecule has 4 rings (SSSR count). The molecule has 0 atom stereocenters. The first kappa shape index (κ1) is 20.1. The fourth-order valence-corrected chi connectivity index (χ4v) is 4.35. The zero-order chi connectivity index (χ0) is 21.3. The van der Waals surface area contributed by atoms with Crippen molar-refractivity contribution in [3.8, 4) is 0 Å². The standard InChI is InChI=1S/C23H22N2O4S/c1-30(28,29)19-11-9-18(10-12-19)22(26)24-13-15-25(16-14-24)23(27)21-8-4-6-17-5-2-3-7-20(17)21/h2-12H,13-16H2,1H3. The molecule has 6 nitrogen and oxygen atoms in total. The highest BCUT2D eigenvalue weighted by atomic mass is 32.2. The number of rotatable bonds is 3. The molecule has 1 aliphatic heterocycles. The maximum Gasteiger partial charge on any atom is 0.254 e. The molecule has 3 aromatic rings. The second-order valence-corrected chi connectivity index (χ2v) is 9.42. The predicted octanol–water partition coefficient (Wildman–Crippen LogP) is 2.84. The van der Waals surface area contributed by atoms with E-state index in [9.17, 15) is 18.0 Å². The topological polar surface area (TPSA) is 74.8 Å². The van der Waals surface area contributed by atoms with Crippen molar-refractivity contribution in [3.05, 3.63) is 77.9 Å². The number of hydrogen-bond acceptors (Lipinski definition) is 4. The number of sulfone groups is 1. The molecule has 1 saturated heterocycles. The predicted molar refractivity (Wildman–Crippen MR) is 115 cm³/mol. The summed E-state index contributed by atoms with van der Waals surface area (Å²) in [6.07, 6.45) is 1.13. The third kappa shape index (κ3) is 3.93. The van der Waals surface area contributed by atoms with Gasteiger partial charge in [-0.3, -0.25) is 9.59 Å². The van der Waals surface area contributed by atoms with Crippen LogP contribution in [0.1, 0.15) is 20.7 Å². The zero-order valence-electron chi connectivity index (χ0n) is 16.6. The van der Waals surface area contributed by atoms with Crippen molar-refractivity contribution >= 4 is 32.4 Å². The number of benzene rings is 3. The number of carbonyl (C=O) groups excluding carboxylic acids is 2. The first-order valence-corrected chi connectivity index (χ1v) is 11.6. The highest BCUT2D eigenvalue weighted by Gasteiger charge is 2.26. The summed E-state index contributed by atoms with van der Waals surface area (Å²) in [5, 5.41) is 1.95. The van der Waals surface area contributed by atoms with Gasteiger partial charge in [-0.1, -0.05) is 36.4 Å². The third-order valence-electron chi connectivity index (χ3n) is 5.40. The minimum absolute atomic E-state index is 0.0311. The van der Waals surface area contributed by atoms with Crippen molar-refractivity contribution in [2.24, 2.45) is 0 Å². The van der Waals surface area contributed by atoms with Crippen molar-refractivity contribution in [3.63, 3.8) is 0 Å². The molecular formula is C23H22N2O4S. The molecule has 0 radical (unpaired) electrons. The van der Waals surface area contributed by atoms with Crippen LogP contribution in [0.5, 0.6) is 0 Å². The van der Waals surface area contributed by atoms with E-state index in [1.807, 2.05) is 42.5 Å². The van der Waals surface area contributed by atoms with Gasteiger partial charge in [-0.2, -0.15) is 0 Å². The van der Waals surface area contributed by atoms with Gasteiger partial charge in [0.2, 0.25) is 0 Å². The van der Waals surface area contributed by atoms with Crippen LogP contribution in [0.4, 0.5) is 0 Å². The lowest BCUT2D eigenvalue weighted by Gasteiger charge is -2.35. The van der Waals surface area contributed by atoms with E-state index < -0.39 is 9.84 Å². The summed E-state index contributed by atoms with van der Waals surface area (Å²) in [6.45, 7) is 1.77. The Morgan fingerprint density at radius 2 is 1.30 bits per heavy atom. The van der Waals surface area contributed by atoms with E-state index in [-0.39, 0.29) is 16.7 Å². The Morgan fingerprint density at radius 1 is 0.733 bits per heavy atom. The highest BCUT2D eigenvalue weighted by Crippen LogP contribution is 2.21. The molecule has 1 heterocycles. The van der Waals surface area contributed by atoms with Gasteiger partial charge in [0.25, 0.3) is 11.8 Å². The smallest absolute Gasteiger partial charge is 0.254 e. The van der Waals surface area contributed by atoms with E-state index in [2.05, 4.69) is 0 Å². The van der Waals surface area contributed by atoms with Gasteiger partial charge < -0.3 is 9.80 Å². The van der Waals surface area contributed by atoms with Crippen molar-refractivity contribution < 1.29 is 18.0 Å². The van der Waals surface area contributed by atoms with Gasteiger partial charge in [0.1, 0.15) is 0 Å². The summed E-state index contributed by atoms with van der Waals surface area (Å²) in [5.41, 5.74) is 1.11. The maximum absolute atomic E-state index is 13.1. The Bertz CT molecular complexity index is 1210. The maximum atomic E-state index is 13.1. The normalized spacial score (nSPS) is 14.7. The van der Waals surface area contributed by atoms with Crippen LogP contribution in [-0.4, -0.2) is 62.5 Å². The quantitative estimate of drug-likeness (QED) is 0.651. The van der Waals surface area contributed by atoms with Gasteiger partial charge in [0.05, 0.1) is 4.90 Å². The van der Waals surface area contributed by atoms with Gasteiger partial charge in [-0.25, -0.2) is 8.42 Å². The molecular weight excluding hydrogens is 400 g/mol. The van der Waals surface area contributed by atoms with Crippen LogP contribution in [0, 0.1) is 0 Å². The summed E-state index contributed by atoms with van der Waals surface area (Å²) in [5.74, 6) is -0.191. The number of nitrogens with zero attached hydrogens (tertiary/aromatic N) is 2. The lowest BCUT2D eigenvalue weighted by molar-refractivity contribution is 0.0536. The van der Waals surface area contributed by atoms with Crippen LogP contribution < -0.4 is 0 Å². The molecule has 0 N–H and O–H groups in total. The second kappa shape index (κ2) is 7.91. The fourth-order valence-electron chi connectivity index (χ4n) is 3.72.